The largest absolute Gasteiger partial charge is 0.435 e. The number of aliphatic hydroxyl groups is 2. The van der Waals surface area contributed by atoms with E-state index in [1.54, 1.807) is 0 Å². The van der Waals surface area contributed by atoms with E-state index in [-0.39, 0.29) is 71.4 Å². The summed E-state index contributed by atoms with van der Waals surface area (Å²) in [7, 11) is 0. The van der Waals surface area contributed by atoms with Gasteiger partial charge >= 0.3 is 5.97 Å². The molecule has 9 heterocycles. The Bertz CT molecular complexity index is 2130. The van der Waals surface area contributed by atoms with Gasteiger partial charge in [0, 0.05) is 54.4 Å². The Hall–Kier alpha value is -1.60. The lowest BCUT2D eigenvalue weighted by Gasteiger charge is -2.60. The van der Waals surface area contributed by atoms with Crippen molar-refractivity contribution >= 4 is 11.8 Å². The molecule has 2 bridgehead atoms. The van der Waals surface area contributed by atoms with E-state index in [1.807, 2.05) is 48.5 Å². The number of hydrogen-bond donors (Lipinski definition) is 3. The van der Waals surface area contributed by atoms with E-state index >= 15 is 4.79 Å². The summed E-state index contributed by atoms with van der Waals surface area (Å²) in [5, 5.41) is 27.5. The van der Waals surface area contributed by atoms with Crippen molar-refractivity contribution in [1.29, 1.82) is 0 Å². The zero-order valence-electron chi connectivity index (χ0n) is 48.8. The number of rotatable bonds is 15. The molecule has 0 aromatic carbocycles. The molecular weight excluding hydrogens is 971 g/mol. The lowest BCUT2D eigenvalue weighted by atomic mass is 9.58. The Kier molecular flexibility index (Phi) is 16.2. The van der Waals surface area contributed by atoms with E-state index in [0.29, 0.717) is 56.9 Å². The number of ketones is 1. The van der Waals surface area contributed by atoms with Crippen LogP contribution in [0.5, 0.6) is 0 Å². The van der Waals surface area contributed by atoms with Crippen molar-refractivity contribution in [1.82, 2.24) is 5.32 Å². The second kappa shape index (κ2) is 21.3. The quantitative estimate of drug-likeness (QED) is 0.0801. The molecule has 432 valence electrons. The Morgan fingerprint density at radius 1 is 0.737 bits per heavy atom. The van der Waals surface area contributed by atoms with E-state index in [2.05, 4.69) is 65.9 Å². The van der Waals surface area contributed by atoms with Crippen LogP contribution in [0.3, 0.4) is 0 Å². The predicted octanol–water partition coefficient (Wildman–Crippen LogP) is 9.86. The number of hydrogen-bond acceptors (Lipinski definition) is 15. The van der Waals surface area contributed by atoms with Gasteiger partial charge in [0.05, 0.1) is 59.8 Å². The topological polar surface area (TPSA) is 179 Å². The Morgan fingerprint density at radius 2 is 1.45 bits per heavy atom. The highest BCUT2D eigenvalue weighted by Crippen LogP contribution is 2.61. The molecule has 11 aliphatic rings. The maximum absolute atomic E-state index is 15.1. The summed E-state index contributed by atoms with van der Waals surface area (Å²) in [4.78, 5) is 42.0. The van der Waals surface area contributed by atoms with Crippen molar-refractivity contribution in [2.24, 2.45) is 71.0 Å². The monoisotopic (exact) mass is 1070 g/mol. The van der Waals surface area contributed by atoms with Gasteiger partial charge in [-0.25, -0.2) is 9.78 Å². The summed E-state index contributed by atoms with van der Waals surface area (Å²) in [6.07, 6.45) is 11.6. The van der Waals surface area contributed by atoms with Gasteiger partial charge in [-0.05, 0) is 140 Å². The first-order valence-electron chi connectivity index (χ1n) is 30.6. The number of fused-ring (bicyclic) bond motifs is 2. The molecule has 0 aromatic heterocycles. The van der Waals surface area contributed by atoms with Crippen molar-refractivity contribution in [3.8, 4) is 0 Å². The van der Waals surface area contributed by atoms with Gasteiger partial charge in [0.25, 0.3) is 0 Å². The van der Waals surface area contributed by atoms with Crippen LogP contribution >= 0.6 is 0 Å². The Labute approximate surface area is 454 Å². The average Bonchev–Trinajstić information content (AvgIpc) is 4.20. The molecule has 27 atom stereocenters. The van der Waals surface area contributed by atoms with Crippen molar-refractivity contribution in [2.45, 2.75) is 289 Å². The highest BCUT2D eigenvalue weighted by molar-refractivity contribution is 5.84. The zero-order chi connectivity index (χ0) is 54.7. The number of carbonyl (C=O) groups excluding carboxylic acids is 2. The first-order chi connectivity index (χ1) is 35.9. The predicted molar refractivity (Wildman–Crippen MR) is 282 cm³/mol. The lowest BCUT2D eigenvalue weighted by molar-refractivity contribution is -0.576. The van der Waals surface area contributed by atoms with Gasteiger partial charge in [0.1, 0.15) is 5.78 Å². The molecule has 15 heteroatoms. The van der Waals surface area contributed by atoms with Gasteiger partial charge < -0.3 is 53.4 Å². The minimum atomic E-state index is -1.14. The third kappa shape index (κ3) is 9.87. The van der Waals surface area contributed by atoms with Crippen molar-refractivity contribution in [2.75, 3.05) is 0 Å². The van der Waals surface area contributed by atoms with Crippen molar-refractivity contribution in [3.05, 3.63) is 12.2 Å². The molecule has 2 saturated carbocycles. The van der Waals surface area contributed by atoms with Gasteiger partial charge in [0.15, 0.2) is 23.5 Å². The summed E-state index contributed by atoms with van der Waals surface area (Å²) >= 11 is 0. The molecule has 8 saturated heterocycles. The van der Waals surface area contributed by atoms with Crippen LogP contribution in [0.4, 0.5) is 0 Å². The van der Waals surface area contributed by atoms with Crippen LogP contribution in [0.15, 0.2) is 12.2 Å². The van der Waals surface area contributed by atoms with Crippen LogP contribution in [0.25, 0.3) is 0 Å². The minimum Gasteiger partial charge on any atom is -0.435 e. The Morgan fingerprint density at radius 3 is 2.13 bits per heavy atom. The van der Waals surface area contributed by atoms with Gasteiger partial charge in [0.2, 0.25) is 12.1 Å². The van der Waals surface area contributed by atoms with Crippen LogP contribution in [0.1, 0.15) is 193 Å². The molecule has 0 radical (unpaired) electrons. The summed E-state index contributed by atoms with van der Waals surface area (Å²) in [5.41, 5.74) is -2.26. The zero-order valence-corrected chi connectivity index (χ0v) is 48.8. The number of esters is 1. The Balaban J connectivity index is 0.813. The molecule has 2 unspecified atom stereocenters. The highest BCUT2D eigenvalue weighted by atomic mass is 17.3. The minimum absolute atomic E-state index is 0.0206. The van der Waals surface area contributed by atoms with Gasteiger partial charge in [-0.2, -0.15) is 0 Å². The normalized spacial score (nSPS) is 51.1. The van der Waals surface area contributed by atoms with Gasteiger partial charge in [-0.15, -0.1) is 0 Å². The summed E-state index contributed by atoms with van der Waals surface area (Å²) in [6.45, 7) is 28.9. The third-order valence-corrected chi connectivity index (χ3v) is 22.1. The average molecular weight is 1070 g/mol. The number of Topliss-reactive ketones (excluding diaryl/α,β-unsaturated/α-hetero) is 1. The van der Waals surface area contributed by atoms with E-state index in [0.717, 1.165) is 51.4 Å². The van der Waals surface area contributed by atoms with Crippen LogP contribution < -0.4 is 5.32 Å². The second-order valence-corrected chi connectivity index (χ2v) is 27.3. The smallest absolute Gasteiger partial charge is 0.313 e. The maximum Gasteiger partial charge on any atom is 0.313 e. The third-order valence-electron chi connectivity index (χ3n) is 22.1. The SMILES string of the molecule is CC[C@@H](C(=O)OC1O[C@@H]2OC3(C)CC[C@H]4[C@H](C)CC[C@@H]([C@H]1C)[C@@]24OO3)[C@@H]1O[C@@H]([C@@H](C)[C@H](O)[C@H](C)C(=O)[C@H](CC)[C@H]2O[C@]3(C=C[C@@H](NC4CC4)[C@]4(CC[C@@](C)([C@H]5CC[C@](O)(CC)[C@H](C)O5)O4)O3)[C@H](C)C[C@@H]2C)[C@@H](C)C[C@@H]1C. The van der Waals surface area contributed by atoms with Crippen molar-refractivity contribution in [3.63, 3.8) is 0 Å². The van der Waals surface area contributed by atoms with Crippen LogP contribution in [0, 0.1) is 71.0 Å². The second-order valence-electron chi connectivity index (χ2n) is 27.3. The number of ether oxygens (including phenoxy) is 8. The molecular formula is C61H99NO14. The molecule has 9 aliphatic heterocycles. The van der Waals surface area contributed by atoms with Gasteiger partial charge in [-0.3, -0.25) is 9.59 Å². The molecule has 15 nitrogen and oxygen atoms in total. The molecule has 0 aromatic rings. The molecule has 3 spiro atoms. The number of aliphatic hydroxyl groups excluding tert-OH is 1. The van der Waals surface area contributed by atoms with E-state index in [1.165, 1.54) is 0 Å². The molecule has 0 amide bonds. The molecule has 11 rings (SSSR count). The van der Waals surface area contributed by atoms with E-state index < -0.39 is 94.8 Å². The van der Waals surface area contributed by atoms with Crippen LogP contribution in [-0.2, 0) is 57.3 Å². The van der Waals surface area contributed by atoms with Crippen LogP contribution in [0.2, 0.25) is 0 Å². The summed E-state index contributed by atoms with van der Waals surface area (Å²) < 4.78 is 55.4. The molecule has 3 N–H and O–H groups in total. The highest BCUT2D eigenvalue weighted by Gasteiger charge is 2.70. The fourth-order valence-electron chi connectivity index (χ4n) is 16.8. The lowest BCUT2D eigenvalue weighted by Crippen LogP contribution is -2.70. The maximum atomic E-state index is 15.1. The molecule has 2 aliphatic carbocycles. The fraction of sp³-hybridized carbons (Fsp3) is 0.934. The molecule has 10 fully saturated rings. The standard InChI is InChI=1S/C61H99NO14/c1-15-42(52-35(7)31-36(8)59(71-52)27-23-46(62-41-19-20-41)60(74-59)29-28-56(13,73-60)47-24-26-58(66,17-3)40(12)67-47)49(64)38(10)48(63)39(11)50-33(5)30-34(6)51(68-50)43(16-2)53(65)69-54-37(9)45-21-18-32(4)44-22-25-57(14)72-55(70-54)61(44,45)76-75-57/h23,27,32-48,50-52,54-55,62-63,66H,15-22,24-26,28-31H2,1-14H3/t32-,33+,34+,35+,36-,37-,38+,39+,40+,42+,43-,44+,45+,46-,47-,48-,50-,51-,52+,54?,55-,56+,57?,58-,59+,60+,61-/m1/s1. The summed E-state index contributed by atoms with van der Waals surface area (Å²) in [6, 6.07) is 0.194. The van der Waals surface area contributed by atoms with Gasteiger partial charge in [-0.1, -0.05) is 82.2 Å². The van der Waals surface area contributed by atoms with Crippen molar-refractivity contribution < 1.29 is 67.5 Å². The van der Waals surface area contributed by atoms with Crippen LogP contribution in [-0.4, -0.2) is 117 Å². The van der Waals surface area contributed by atoms with E-state index in [9.17, 15) is 15.0 Å². The summed E-state index contributed by atoms with van der Waals surface area (Å²) in [5.74, 6) is -5.12. The number of carbonyl (C=O) groups is 2. The first kappa shape index (κ1) is 57.6. The van der Waals surface area contributed by atoms with E-state index in [4.69, 9.17) is 47.7 Å². The fourth-order valence-corrected chi connectivity index (χ4v) is 16.8. The molecule has 76 heavy (non-hydrogen) atoms. The first-order valence-corrected chi connectivity index (χ1v) is 30.6. The number of nitrogens with one attached hydrogen (secondary N) is 1.